The maximum atomic E-state index is 9.29. The third-order valence-electron chi connectivity index (χ3n) is 1.77. The van der Waals surface area contributed by atoms with Crippen molar-refractivity contribution >= 4 is 6.08 Å². The maximum absolute atomic E-state index is 9.29. The normalized spacial score (nSPS) is 21.1. The van der Waals surface area contributed by atoms with E-state index in [1.54, 1.807) is 6.08 Å². The minimum absolute atomic E-state index is 0.379. The highest BCUT2D eigenvalue weighted by atomic mass is 16.3. The maximum Gasteiger partial charge on any atom is 0.0980 e. The lowest BCUT2D eigenvalue weighted by Gasteiger charge is -2.00. The molecule has 0 saturated heterocycles. The molecule has 0 spiro atoms. The third-order valence-corrected chi connectivity index (χ3v) is 1.77. The summed E-state index contributed by atoms with van der Waals surface area (Å²) in [4.78, 5) is 0. The van der Waals surface area contributed by atoms with E-state index in [4.69, 9.17) is 0 Å². The molecule has 0 heterocycles. The molecule has 1 nitrogen and oxygen atoms in total. The molecule has 1 heteroatoms. The number of aliphatic hydroxyl groups excluding tert-OH is 1. The van der Waals surface area contributed by atoms with Gasteiger partial charge < -0.3 is 5.11 Å². The van der Waals surface area contributed by atoms with Crippen LogP contribution in [0.4, 0.5) is 0 Å². The van der Waals surface area contributed by atoms with Crippen molar-refractivity contribution in [1.29, 1.82) is 0 Å². The summed E-state index contributed by atoms with van der Waals surface area (Å²) in [6.45, 7) is 0. The fourth-order valence-electron chi connectivity index (χ4n) is 1.23. The number of hydrogen-bond donors (Lipinski definition) is 1. The van der Waals surface area contributed by atoms with Crippen molar-refractivity contribution in [3.63, 3.8) is 0 Å². The molecule has 0 bridgehead atoms. The summed E-state index contributed by atoms with van der Waals surface area (Å²) in [7, 11) is 0. The minimum Gasteiger partial charge on any atom is -0.384 e. The van der Waals surface area contributed by atoms with E-state index in [9.17, 15) is 5.11 Å². The van der Waals surface area contributed by atoms with E-state index in [0.717, 1.165) is 11.1 Å². The van der Waals surface area contributed by atoms with Gasteiger partial charge in [0.25, 0.3) is 0 Å². The molecule has 1 N–H and O–H groups in total. The van der Waals surface area contributed by atoms with Crippen LogP contribution in [0.25, 0.3) is 6.08 Å². The Balaban J connectivity index is 2.59. The van der Waals surface area contributed by atoms with E-state index >= 15 is 0 Å². The Morgan fingerprint density at radius 2 is 2.00 bits per heavy atom. The van der Waals surface area contributed by atoms with Crippen molar-refractivity contribution in [2.24, 2.45) is 0 Å². The SMILES string of the molecule is O[C@H]1C=Cc2ccccc21. The first-order valence-electron chi connectivity index (χ1n) is 3.33. The molecule has 10 heavy (non-hydrogen) atoms. The zero-order valence-corrected chi connectivity index (χ0v) is 5.49. The fourth-order valence-corrected chi connectivity index (χ4v) is 1.23. The molecule has 0 radical (unpaired) electrons. The van der Waals surface area contributed by atoms with E-state index in [-0.39, 0.29) is 6.10 Å². The number of hydrogen-bond acceptors (Lipinski definition) is 1. The molecular formula is C9H8O. The predicted octanol–water partition coefficient (Wildman–Crippen LogP) is 1.75. The van der Waals surface area contributed by atoms with Crippen molar-refractivity contribution in [3.05, 3.63) is 41.5 Å². The molecule has 1 aromatic carbocycles. The lowest BCUT2D eigenvalue weighted by atomic mass is 10.1. The van der Waals surface area contributed by atoms with Crippen molar-refractivity contribution in [2.75, 3.05) is 0 Å². The highest BCUT2D eigenvalue weighted by Crippen LogP contribution is 2.26. The Hall–Kier alpha value is -1.08. The number of rotatable bonds is 0. The first-order valence-corrected chi connectivity index (χ1v) is 3.33. The van der Waals surface area contributed by atoms with Gasteiger partial charge in [0.05, 0.1) is 6.10 Å². The van der Waals surface area contributed by atoms with Crippen LogP contribution < -0.4 is 0 Å². The van der Waals surface area contributed by atoms with Gasteiger partial charge in [0.15, 0.2) is 0 Å². The topological polar surface area (TPSA) is 20.2 Å². The average Bonchev–Trinajstić information content (AvgIpc) is 2.34. The van der Waals surface area contributed by atoms with Crippen molar-refractivity contribution in [2.45, 2.75) is 6.10 Å². The van der Waals surface area contributed by atoms with Crippen LogP contribution in [-0.2, 0) is 0 Å². The van der Waals surface area contributed by atoms with Crippen LogP contribution >= 0.6 is 0 Å². The Morgan fingerprint density at radius 1 is 1.20 bits per heavy atom. The highest BCUT2D eigenvalue weighted by Gasteiger charge is 2.11. The Bertz CT molecular complexity index is 276. The van der Waals surface area contributed by atoms with Crippen LogP contribution in [0.3, 0.4) is 0 Å². The van der Waals surface area contributed by atoms with Gasteiger partial charge in [0, 0.05) is 0 Å². The lowest BCUT2D eigenvalue weighted by Crippen LogP contribution is -1.88. The van der Waals surface area contributed by atoms with Gasteiger partial charge in [0.1, 0.15) is 0 Å². The number of benzene rings is 1. The summed E-state index contributed by atoms with van der Waals surface area (Å²) in [6, 6.07) is 7.86. The molecule has 0 aromatic heterocycles. The van der Waals surface area contributed by atoms with E-state index in [0.29, 0.717) is 0 Å². The second-order valence-corrected chi connectivity index (χ2v) is 2.43. The predicted molar refractivity (Wildman–Crippen MR) is 40.4 cm³/mol. The van der Waals surface area contributed by atoms with E-state index in [2.05, 4.69) is 0 Å². The molecule has 0 amide bonds. The van der Waals surface area contributed by atoms with Gasteiger partial charge >= 0.3 is 0 Å². The average molecular weight is 132 g/mol. The van der Waals surface area contributed by atoms with E-state index in [1.807, 2.05) is 30.3 Å². The first-order chi connectivity index (χ1) is 4.88. The van der Waals surface area contributed by atoms with Crippen LogP contribution in [0, 0.1) is 0 Å². The van der Waals surface area contributed by atoms with Crippen LogP contribution in [0.1, 0.15) is 17.2 Å². The number of aliphatic hydroxyl groups is 1. The third kappa shape index (κ3) is 0.677. The van der Waals surface area contributed by atoms with Gasteiger partial charge in [-0.05, 0) is 11.1 Å². The molecule has 2 rings (SSSR count). The second kappa shape index (κ2) is 1.96. The quantitative estimate of drug-likeness (QED) is 0.570. The van der Waals surface area contributed by atoms with Gasteiger partial charge in [-0.3, -0.25) is 0 Å². The van der Waals surface area contributed by atoms with Gasteiger partial charge in [-0.25, -0.2) is 0 Å². The molecule has 50 valence electrons. The van der Waals surface area contributed by atoms with Crippen molar-refractivity contribution < 1.29 is 5.11 Å². The van der Waals surface area contributed by atoms with Crippen molar-refractivity contribution in [3.8, 4) is 0 Å². The van der Waals surface area contributed by atoms with E-state index in [1.165, 1.54) is 0 Å². The van der Waals surface area contributed by atoms with Crippen LogP contribution in [0.5, 0.6) is 0 Å². The highest BCUT2D eigenvalue weighted by molar-refractivity contribution is 5.61. The minimum atomic E-state index is -0.379. The molecule has 1 aliphatic carbocycles. The van der Waals surface area contributed by atoms with Gasteiger partial charge in [-0.15, -0.1) is 0 Å². The standard InChI is InChI=1S/C9H8O/c10-9-6-5-7-3-1-2-4-8(7)9/h1-6,9-10H/t9-/m0/s1. The summed E-state index contributed by atoms with van der Waals surface area (Å²) in [5, 5.41) is 9.29. The van der Waals surface area contributed by atoms with Crippen molar-refractivity contribution in [1.82, 2.24) is 0 Å². The smallest absolute Gasteiger partial charge is 0.0980 e. The lowest BCUT2D eigenvalue weighted by molar-refractivity contribution is 0.232. The largest absolute Gasteiger partial charge is 0.384 e. The van der Waals surface area contributed by atoms with Gasteiger partial charge in [0.2, 0.25) is 0 Å². The van der Waals surface area contributed by atoms with Gasteiger partial charge in [-0.1, -0.05) is 36.4 Å². The monoisotopic (exact) mass is 132 g/mol. The molecular weight excluding hydrogens is 124 g/mol. The molecule has 1 aromatic rings. The Kier molecular flexibility index (Phi) is 1.11. The molecule has 1 atom stereocenters. The van der Waals surface area contributed by atoms with E-state index < -0.39 is 0 Å². The Morgan fingerprint density at radius 3 is 2.80 bits per heavy atom. The summed E-state index contributed by atoms with van der Waals surface area (Å²) in [5.74, 6) is 0. The Labute approximate surface area is 59.6 Å². The summed E-state index contributed by atoms with van der Waals surface area (Å²) < 4.78 is 0. The van der Waals surface area contributed by atoms with Crippen LogP contribution in [0.2, 0.25) is 0 Å². The molecule has 1 aliphatic rings. The molecule has 0 saturated carbocycles. The zero-order valence-electron chi connectivity index (χ0n) is 5.49. The molecule has 0 unspecified atom stereocenters. The first kappa shape index (κ1) is 5.69. The molecule has 0 aliphatic heterocycles. The van der Waals surface area contributed by atoms with Crippen LogP contribution in [-0.4, -0.2) is 5.11 Å². The second-order valence-electron chi connectivity index (χ2n) is 2.43. The summed E-state index contributed by atoms with van der Waals surface area (Å²) in [6.07, 6.45) is 3.36. The number of fused-ring (bicyclic) bond motifs is 1. The fraction of sp³-hybridized carbons (Fsp3) is 0.111. The van der Waals surface area contributed by atoms with Gasteiger partial charge in [-0.2, -0.15) is 0 Å². The summed E-state index contributed by atoms with van der Waals surface area (Å²) in [5.41, 5.74) is 2.15. The zero-order chi connectivity index (χ0) is 6.97. The van der Waals surface area contributed by atoms with Crippen LogP contribution in [0.15, 0.2) is 30.3 Å². The molecule has 0 fully saturated rings. The summed E-state index contributed by atoms with van der Waals surface area (Å²) >= 11 is 0.